The Morgan fingerprint density at radius 3 is 2.27 bits per heavy atom. The number of benzene rings is 3. The van der Waals surface area contributed by atoms with Crippen molar-refractivity contribution < 1.29 is 25.6 Å². The average Bonchev–Trinajstić information content (AvgIpc) is 3.22. The van der Waals surface area contributed by atoms with E-state index in [-0.39, 0.29) is 56.1 Å². The highest BCUT2D eigenvalue weighted by molar-refractivity contribution is 7.92. The van der Waals surface area contributed by atoms with E-state index in [0.29, 0.717) is 5.56 Å². The van der Waals surface area contributed by atoms with Crippen LogP contribution < -0.4 is 16.0 Å². The van der Waals surface area contributed by atoms with E-state index < -0.39 is 47.8 Å². The highest BCUT2D eigenvalue weighted by atomic mass is 35.5. The number of aromatic nitrogens is 4. The average molecular weight is 679 g/mol. The third-order valence-electron chi connectivity index (χ3n) is 7.67. The zero-order valence-corrected chi connectivity index (χ0v) is 27.2. The first-order valence-corrected chi connectivity index (χ1v) is 17.6. The van der Waals surface area contributed by atoms with Crippen molar-refractivity contribution in [2.24, 2.45) is 12.8 Å². The summed E-state index contributed by atoms with van der Waals surface area (Å²) in [5, 5.41) is 4.74. The fourth-order valence-corrected chi connectivity index (χ4v) is 6.42. The Labute approximate surface area is 262 Å². The maximum Gasteiger partial charge on any atom is 0.266 e. The molecule has 3 aromatic carbocycles. The van der Waals surface area contributed by atoms with Gasteiger partial charge in [0.15, 0.2) is 15.7 Å². The standard InChI is InChI=1S/C29H29ClF2N6O5S2/c1-29(2,44(4,40)41)16-6-7-19-22(13-16)34-27(21(33)12-15-10-17(31)14-18(32)11-15)38(28(19)39)23-9-8-20(30)24-25(23)37(3)35-26(24)36-45(5,42)43/h6-11,13-14,21H,12,33H2,1-5H3,(H,35,36). The molecule has 0 radical (unpaired) electrons. The number of hydrogen-bond donors (Lipinski definition) is 2. The molecule has 11 nitrogen and oxygen atoms in total. The van der Waals surface area contributed by atoms with Gasteiger partial charge in [0, 0.05) is 19.4 Å². The molecule has 5 aromatic rings. The molecule has 3 N–H and O–H groups in total. The highest BCUT2D eigenvalue weighted by Gasteiger charge is 2.33. The van der Waals surface area contributed by atoms with Crippen LogP contribution in [-0.2, 0) is 38.1 Å². The van der Waals surface area contributed by atoms with Crippen LogP contribution in [0.2, 0.25) is 5.02 Å². The number of sulfone groups is 1. The Morgan fingerprint density at radius 2 is 1.67 bits per heavy atom. The fraction of sp³-hybridized carbons (Fsp3) is 0.276. The molecule has 0 bridgehead atoms. The van der Waals surface area contributed by atoms with Crippen LogP contribution in [0, 0.1) is 11.6 Å². The molecule has 5 rings (SSSR count). The first-order valence-electron chi connectivity index (χ1n) is 13.4. The lowest BCUT2D eigenvalue weighted by Gasteiger charge is -2.24. The van der Waals surface area contributed by atoms with Crippen molar-refractivity contribution in [2.45, 2.75) is 31.1 Å². The SMILES string of the molecule is Cn1nc(NS(C)(=O)=O)c2c(Cl)ccc(-n3c(C(N)Cc4cc(F)cc(F)c4)nc4cc(C(C)(C)S(C)(=O)=O)ccc4c3=O)c21. The summed E-state index contributed by atoms with van der Waals surface area (Å²) in [5.74, 6) is -1.71. The van der Waals surface area contributed by atoms with Crippen LogP contribution in [0.1, 0.15) is 36.8 Å². The summed E-state index contributed by atoms with van der Waals surface area (Å²) in [7, 11) is -5.82. The van der Waals surface area contributed by atoms with Crippen LogP contribution >= 0.6 is 11.6 Å². The van der Waals surface area contributed by atoms with Crippen LogP contribution in [0.5, 0.6) is 0 Å². The Hall–Kier alpha value is -3.92. The van der Waals surface area contributed by atoms with Crippen LogP contribution in [0.15, 0.2) is 53.3 Å². The topological polar surface area (TPSA) is 159 Å². The van der Waals surface area contributed by atoms with Crippen molar-refractivity contribution in [3.8, 4) is 5.69 Å². The number of nitrogens with zero attached hydrogens (tertiary/aromatic N) is 4. The normalized spacial score (nSPS) is 13.4. The molecule has 2 aromatic heterocycles. The molecule has 2 heterocycles. The van der Waals surface area contributed by atoms with Crippen molar-refractivity contribution in [3.05, 3.63) is 92.5 Å². The summed E-state index contributed by atoms with van der Waals surface area (Å²) < 4.78 is 81.0. The second-order valence-corrected chi connectivity index (χ2v) is 16.1. The number of hydrogen-bond acceptors (Lipinski definition) is 8. The molecule has 0 fully saturated rings. The van der Waals surface area contributed by atoms with Crippen molar-refractivity contribution >= 4 is 59.1 Å². The predicted octanol–water partition coefficient (Wildman–Crippen LogP) is 4.10. The molecule has 0 aliphatic rings. The Bertz CT molecular complexity index is 2280. The zero-order valence-electron chi connectivity index (χ0n) is 24.8. The molecule has 0 aliphatic carbocycles. The minimum Gasteiger partial charge on any atom is -0.321 e. The van der Waals surface area contributed by atoms with Gasteiger partial charge in [-0.1, -0.05) is 17.7 Å². The molecular weight excluding hydrogens is 650 g/mol. The molecule has 0 spiro atoms. The van der Waals surface area contributed by atoms with Gasteiger partial charge in [-0.2, -0.15) is 5.10 Å². The van der Waals surface area contributed by atoms with Crippen molar-refractivity contribution in [2.75, 3.05) is 17.2 Å². The molecule has 16 heteroatoms. The predicted molar refractivity (Wildman–Crippen MR) is 170 cm³/mol. The van der Waals surface area contributed by atoms with Gasteiger partial charge < -0.3 is 5.73 Å². The summed E-state index contributed by atoms with van der Waals surface area (Å²) >= 11 is 6.50. The van der Waals surface area contributed by atoms with Gasteiger partial charge in [0.2, 0.25) is 10.0 Å². The van der Waals surface area contributed by atoms with E-state index in [4.69, 9.17) is 22.3 Å². The van der Waals surface area contributed by atoms with Gasteiger partial charge in [-0.3, -0.25) is 18.8 Å². The van der Waals surface area contributed by atoms with Crippen molar-refractivity contribution in [1.82, 2.24) is 19.3 Å². The lowest BCUT2D eigenvalue weighted by Crippen LogP contribution is -2.31. The second-order valence-electron chi connectivity index (χ2n) is 11.3. The van der Waals surface area contributed by atoms with Gasteiger partial charge in [-0.05, 0) is 67.8 Å². The number of sulfonamides is 1. The van der Waals surface area contributed by atoms with Gasteiger partial charge in [-0.25, -0.2) is 30.6 Å². The van der Waals surface area contributed by atoms with E-state index in [1.54, 1.807) is 0 Å². The summed E-state index contributed by atoms with van der Waals surface area (Å²) in [6, 6.07) is 9.31. The monoisotopic (exact) mass is 678 g/mol. The molecule has 0 saturated heterocycles. The van der Waals surface area contributed by atoms with Gasteiger partial charge in [0.1, 0.15) is 17.5 Å². The van der Waals surface area contributed by atoms with Gasteiger partial charge >= 0.3 is 0 Å². The van der Waals surface area contributed by atoms with Gasteiger partial charge in [0.25, 0.3) is 5.56 Å². The second kappa shape index (κ2) is 11.2. The van der Waals surface area contributed by atoms with Gasteiger partial charge in [-0.15, -0.1) is 0 Å². The first kappa shape index (κ1) is 32.5. The molecule has 0 amide bonds. The number of rotatable bonds is 8. The lowest BCUT2D eigenvalue weighted by molar-refractivity contribution is 0.561. The number of halogens is 3. The molecule has 1 unspecified atom stereocenters. The minimum absolute atomic E-state index is 0.0195. The van der Waals surface area contributed by atoms with E-state index in [2.05, 4.69) is 9.82 Å². The Morgan fingerprint density at radius 1 is 1.02 bits per heavy atom. The maximum atomic E-state index is 14.3. The van der Waals surface area contributed by atoms with Crippen molar-refractivity contribution in [3.63, 3.8) is 0 Å². The summed E-state index contributed by atoms with van der Waals surface area (Å²) in [6.07, 6.45) is 1.92. The molecule has 0 aliphatic heterocycles. The number of anilines is 1. The third-order valence-corrected chi connectivity index (χ3v) is 10.6. The number of fused-ring (bicyclic) bond motifs is 2. The number of nitrogens with one attached hydrogen (secondary N) is 1. The van der Waals surface area contributed by atoms with E-state index in [1.807, 2.05) is 0 Å². The lowest BCUT2D eigenvalue weighted by atomic mass is 10.00. The summed E-state index contributed by atoms with van der Waals surface area (Å²) in [5.41, 5.74) is 7.21. The molecule has 238 valence electrons. The smallest absolute Gasteiger partial charge is 0.266 e. The van der Waals surface area contributed by atoms with E-state index in [1.165, 1.54) is 60.5 Å². The minimum atomic E-state index is -3.77. The van der Waals surface area contributed by atoms with Crippen LogP contribution in [0.25, 0.3) is 27.5 Å². The fourth-order valence-electron chi connectivity index (χ4n) is 5.13. The van der Waals surface area contributed by atoms with Crippen LogP contribution in [0.4, 0.5) is 14.6 Å². The quantitative estimate of drug-likeness (QED) is 0.248. The molecule has 0 saturated carbocycles. The summed E-state index contributed by atoms with van der Waals surface area (Å²) in [4.78, 5) is 19.0. The zero-order chi connectivity index (χ0) is 33.2. The molecule has 1 atom stereocenters. The van der Waals surface area contributed by atoms with E-state index in [9.17, 15) is 30.4 Å². The van der Waals surface area contributed by atoms with E-state index in [0.717, 1.165) is 30.7 Å². The summed E-state index contributed by atoms with van der Waals surface area (Å²) in [6.45, 7) is 3.07. The Kier molecular flexibility index (Phi) is 8.05. The van der Waals surface area contributed by atoms with Crippen molar-refractivity contribution in [1.29, 1.82) is 0 Å². The number of nitrogens with two attached hydrogens (primary N) is 1. The molecular formula is C29H29ClF2N6O5S2. The highest BCUT2D eigenvalue weighted by Crippen LogP contribution is 2.36. The number of aryl methyl sites for hydroxylation is 1. The van der Waals surface area contributed by atoms with E-state index >= 15 is 0 Å². The molecule has 45 heavy (non-hydrogen) atoms. The Balaban J connectivity index is 1.84. The van der Waals surface area contributed by atoms with Gasteiger partial charge in [0.05, 0.1) is 49.6 Å². The third kappa shape index (κ3) is 6.04. The largest absolute Gasteiger partial charge is 0.321 e. The van der Waals surface area contributed by atoms with Crippen LogP contribution in [-0.4, -0.2) is 48.7 Å². The van der Waals surface area contributed by atoms with Crippen LogP contribution in [0.3, 0.4) is 0 Å². The maximum absolute atomic E-state index is 14.3. The first-order chi connectivity index (χ1) is 20.8.